The molecule has 0 amide bonds. The van der Waals surface area contributed by atoms with Gasteiger partial charge < -0.3 is 15.2 Å². The molecule has 0 fully saturated rings. The maximum absolute atomic E-state index is 12.9. The quantitative estimate of drug-likeness (QED) is 0.283. The van der Waals surface area contributed by atoms with Gasteiger partial charge in [0, 0.05) is 42.1 Å². The molecule has 2 heterocycles. The van der Waals surface area contributed by atoms with Crippen molar-refractivity contribution in [2.24, 2.45) is 0 Å². The summed E-state index contributed by atoms with van der Waals surface area (Å²) in [4.78, 5) is 27.0. The molecule has 0 aliphatic carbocycles. The van der Waals surface area contributed by atoms with Gasteiger partial charge in [-0.1, -0.05) is 71.4 Å². The highest BCUT2D eigenvalue weighted by molar-refractivity contribution is 8.18. The third kappa shape index (κ3) is 5.33. The fraction of sp³-hybridized carbons (Fsp3) is 0.148. The Kier molecular flexibility index (Phi) is 8.44. The number of benzene rings is 2. The molecule has 190 valence electrons. The van der Waals surface area contributed by atoms with Crippen LogP contribution in [0, 0.1) is 5.41 Å². The van der Waals surface area contributed by atoms with Crippen molar-refractivity contribution in [1.29, 1.82) is 5.41 Å². The Balaban J connectivity index is 2.00. The van der Waals surface area contributed by atoms with E-state index < -0.39 is 11.9 Å². The van der Waals surface area contributed by atoms with Gasteiger partial charge in [-0.15, -0.1) is 11.3 Å². The van der Waals surface area contributed by atoms with Crippen molar-refractivity contribution in [2.45, 2.75) is 13.8 Å². The van der Waals surface area contributed by atoms with E-state index in [1.807, 2.05) is 6.07 Å². The maximum atomic E-state index is 12.9. The lowest BCUT2D eigenvalue weighted by molar-refractivity contribution is -0.137. The lowest BCUT2D eigenvalue weighted by atomic mass is 9.97. The number of ether oxygens (including phenoxy) is 2. The van der Waals surface area contributed by atoms with Crippen molar-refractivity contribution in [3.63, 3.8) is 0 Å². The number of rotatable bonds is 7. The molecule has 0 saturated heterocycles. The molecular formula is C27H22Cl2N2O4S2. The van der Waals surface area contributed by atoms with E-state index in [4.69, 9.17) is 43.8 Å². The van der Waals surface area contributed by atoms with Crippen LogP contribution in [0.4, 0.5) is 5.00 Å². The van der Waals surface area contributed by atoms with Gasteiger partial charge in [-0.25, -0.2) is 9.59 Å². The average molecular weight is 574 g/mol. The number of nitrogens with one attached hydrogen (secondary N) is 1. The van der Waals surface area contributed by atoms with Gasteiger partial charge in [-0.2, -0.15) is 0 Å². The van der Waals surface area contributed by atoms with Crippen LogP contribution in [0.5, 0.6) is 0 Å². The average Bonchev–Trinajstić information content (AvgIpc) is 3.35. The van der Waals surface area contributed by atoms with Crippen molar-refractivity contribution in [2.75, 3.05) is 18.9 Å². The van der Waals surface area contributed by atoms with E-state index in [-0.39, 0.29) is 34.4 Å². The fourth-order valence-corrected chi connectivity index (χ4v) is 6.45. The van der Waals surface area contributed by atoms with Gasteiger partial charge >= 0.3 is 11.9 Å². The highest BCUT2D eigenvalue weighted by atomic mass is 35.5. The molecule has 3 aromatic rings. The van der Waals surface area contributed by atoms with E-state index in [0.29, 0.717) is 42.1 Å². The molecule has 3 N–H and O–H groups in total. The second-order valence-electron chi connectivity index (χ2n) is 7.67. The predicted molar refractivity (Wildman–Crippen MR) is 153 cm³/mol. The molecular weight excluding hydrogens is 551 g/mol. The zero-order chi connectivity index (χ0) is 26.7. The highest BCUT2D eigenvalue weighted by Gasteiger charge is 2.34. The minimum Gasteiger partial charge on any atom is -0.462 e. The van der Waals surface area contributed by atoms with Gasteiger partial charge in [-0.3, -0.25) is 5.41 Å². The third-order valence-corrected chi connectivity index (χ3v) is 7.98. The van der Waals surface area contributed by atoms with Crippen LogP contribution in [0.2, 0.25) is 10.0 Å². The summed E-state index contributed by atoms with van der Waals surface area (Å²) in [7, 11) is 0. The zero-order valence-corrected chi connectivity index (χ0v) is 23.0. The number of hydrogen-bond acceptors (Lipinski definition) is 8. The summed E-state index contributed by atoms with van der Waals surface area (Å²) in [6.45, 7) is 3.77. The van der Waals surface area contributed by atoms with Crippen molar-refractivity contribution in [3.8, 4) is 11.1 Å². The molecule has 1 aromatic heterocycles. The first-order valence-electron chi connectivity index (χ1n) is 11.3. The topological polar surface area (TPSA) is 102 Å². The lowest BCUT2D eigenvalue weighted by Gasteiger charge is -2.11. The van der Waals surface area contributed by atoms with Gasteiger partial charge in [0.1, 0.15) is 21.2 Å². The molecule has 6 nitrogen and oxygen atoms in total. The first-order chi connectivity index (χ1) is 17.8. The largest absolute Gasteiger partial charge is 0.462 e. The molecule has 0 atom stereocenters. The van der Waals surface area contributed by atoms with Gasteiger partial charge in [0.15, 0.2) is 0 Å². The van der Waals surface area contributed by atoms with E-state index in [1.165, 1.54) is 11.3 Å². The Hall–Kier alpha value is -3.04. The summed E-state index contributed by atoms with van der Waals surface area (Å²) >= 11 is 15.4. The number of halogens is 2. The minimum absolute atomic E-state index is 0.0362. The normalized spacial score (nSPS) is 14.4. The molecule has 0 saturated carbocycles. The first kappa shape index (κ1) is 27.0. The molecule has 4 rings (SSSR count). The van der Waals surface area contributed by atoms with Crippen LogP contribution in [0.1, 0.15) is 34.6 Å². The molecule has 0 unspecified atom stereocenters. The Morgan fingerprint density at radius 1 is 0.946 bits per heavy atom. The number of esters is 2. The Labute approximate surface area is 232 Å². The number of nitrogen functional groups attached to an aromatic ring is 1. The number of hydrogen-bond donors (Lipinski definition) is 2. The summed E-state index contributed by atoms with van der Waals surface area (Å²) in [5.41, 5.74) is 8.88. The van der Waals surface area contributed by atoms with E-state index >= 15 is 0 Å². The SMILES string of the molecule is CCOC(=O)C1=C(c2ccccc2Cl)/C(=C/c2sc(N)c(C(=O)OCC)c2-c2ccccc2Cl)SC1=N. The van der Waals surface area contributed by atoms with E-state index in [0.717, 1.165) is 11.8 Å². The van der Waals surface area contributed by atoms with E-state index in [1.54, 1.807) is 62.4 Å². The Morgan fingerprint density at radius 3 is 2.11 bits per heavy atom. The van der Waals surface area contributed by atoms with Crippen LogP contribution in [0.15, 0.2) is 59.0 Å². The van der Waals surface area contributed by atoms with Crippen LogP contribution in [-0.4, -0.2) is 30.2 Å². The zero-order valence-electron chi connectivity index (χ0n) is 19.9. The van der Waals surface area contributed by atoms with Crippen LogP contribution in [0.3, 0.4) is 0 Å². The van der Waals surface area contributed by atoms with Gasteiger partial charge in [0.05, 0.1) is 13.2 Å². The van der Waals surface area contributed by atoms with Crippen molar-refractivity contribution in [1.82, 2.24) is 0 Å². The maximum Gasteiger partial charge on any atom is 0.341 e. The van der Waals surface area contributed by atoms with Crippen molar-refractivity contribution < 1.29 is 19.1 Å². The van der Waals surface area contributed by atoms with Gasteiger partial charge in [0.2, 0.25) is 0 Å². The fourth-order valence-electron chi connectivity index (χ4n) is 3.90. The van der Waals surface area contributed by atoms with Crippen LogP contribution in [-0.2, 0) is 14.3 Å². The number of nitrogens with two attached hydrogens (primary N) is 1. The van der Waals surface area contributed by atoms with Gasteiger partial charge in [-0.05, 0) is 32.1 Å². The van der Waals surface area contributed by atoms with E-state index in [2.05, 4.69) is 0 Å². The van der Waals surface area contributed by atoms with Crippen LogP contribution in [0.25, 0.3) is 22.8 Å². The van der Waals surface area contributed by atoms with Crippen LogP contribution >= 0.6 is 46.3 Å². The summed E-state index contributed by atoms with van der Waals surface area (Å²) in [6, 6.07) is 14.2. The third-order valence-electron chi connectivity index (χ3n) is 5.41. The molecule has 0 radical (unpaired) electrons. The number of thioether (sulfide) groups is 1. The molecule has 1 aliphatic heterocycles. The van der Waals surface area contributed by atoms with E-state index in [9.17, 15) is 9.59 Å². The number of carbonyl (C=O) groups excluding carboxylic acids is 2. The molecule has 2 aromatic carbocycles. The Bertz CT molecular complexity index is 1480. The standard InChI is InChI=1S/C27H22Cl2N2O4S2/c1-3-34-26(32)22-20(14-9-5-7-11-16(14)28)18(36-24(22)30)13-19-21(15-10-6-8-12-17(15)29)23(25(31)37-19)27(33)35-4-2/h5-13,30H,3-4,31H2,1-2H3/b18-13-,30-24?. The smallest absolute Gasteiger partial charge is 0.341 e. The minimum atomic E-state index is -0.609. The number of allylic oxidation sites excluding steroid dienone is 1. The summed E-state index contributed by atoms with van der Waals surface area (Å²) < 4.78 is 10.5. The number of thiophene rings is 1. The molecule has 10 heteroatoms. The summed E-state index contributed by atoms with van der Waals surface area (Å²) in [6.07, 6.45) is 1.80. The summed E-state index contributed by atoms with van der Waals surface area (Å²) in [5.74, 6) is -1.17. The van der Waals surface area contributed by atoms with Crippen LogP contribution < -0.4 is 5.73 Å². The van der Waals surface area contributed by atoms with Gasteiger partial charge in [0.25, 0.3) is 0 Å². The molecule has 1 aliphatic rings. The molecule has 37 heavy (non-hydrogen) atoms. The Morgan fingerprint density at radius 2 is 1.51 bits per heavy atom. The predicted octanol–water partition coefficient (Wildman–Crippen LogP) is 7.56. The first-order valence-corrected chi connectivity index (χ1v) is 13.7. The monoisotopic (exact) mass is 572 g/mol. The highest BCUT2D eigenvalue weighted by Crippen LogP contribution is 2.49. The second kappa shape index (κ2) is 11.6. The van der Waals surface area contributed by atoms with Crippen molar-refractivity contribution in [3.05, 3.63) is 85.1 Å². The summed E-state index contributed by atoms with van der Waals surface area (Å²) in [5, 5.41) is 9.75. The number of carbonyl (C=O) groups is 2. The molecule has 0 spiro atoms. The number of anilines is 1. The second-order valence-corrected chi connectivity index (χ2v) is 10.6. The molecule has 0 bridgehead atoms. The van der Waals surface area contributed by atoms with Crippen molar-refractivity contribution >= 4 is 79.9 Å². The lowest BCUT2D eigenvalue weighted by Crippen LogP contribution is -2.12.